The minimum absolute atomic E-state index is 1.74. The summed E-state index contributed by atoms with van der Waals surface area (Å²) >= 11 is 22.8. The van der Waals surface area contributed by atoms with E-state index < -0.39 is 12.4 Å². The van der Waals surface area contributed by atoms with Gasteiger partial charge in [0.25, 0.3) is 12.4 Å². The molecule has 0 saturated heterocycles. The van der Waals surface area contributed by atoms with Gasteiger partial charge in [0, 0.05) is 0 Å². The lowest BCUT2D eigenvalue weighted by atomic mass is 11.9. The third-order valence-electron chi connectivity index (χ3n) is 0.771. The molecule has 0 atom stereocenters. The van der Waals surface area contributed by atoms with Crippen LogP contribution in [-0.2, 0) is 0 Å². The van der Waals surface area contributed by atoms with Crippen LogP contribution in [0, 0.1) is 0 Å². The van der Waals surface area contributed by atoms with Crippen molar-refractivity contribution >= 4 is 56.7 Å². The van der Waals surface area contributed by atoms with Gasteiger partial charge in [-0.1, -0.05) is 0 Å². The Hall–Kier alpha value is 1.59. The van der Waals surface area contributed by atoms with Crippen molar-refractivity contribution in [2.75, 3.05) is 0 Å². The van der Waals surface area contributed by atoms with Gasteiger partial charge in [0.05, 0.1) is 0 Å². The van der Waals surface area contributed by atoms with Crippen LogP contribution in [-0.4, -0.2) is 12.4 Å². The Bertz CT molecular complexity index is 67.0. The third-order valence-corrected chi connectivity index (χ3v) is 24.0. The molecule has 8 heavy (non-hydrogen) atoms. The van der Waals surface area contributed by atoms with Crippen LogP contribution in [0.2, 0.25) is 13.1 Å². The molecule has 0 N–H and O–H groups in total. The number of hydrogen-bond acceptors (Lipinski definition) is 0. The molecule has 6 heteroatoms. The Balaban J connectivity index is 4.02. The normalized spacial score (nSPS) is 14.2. The minimum Gasteiger partial charge on any atom is -0.147 e. The highest BCUT2D eigenvalue weighted by atomic mass is 35.8. The fourth-order valence-corrected chi connectivity index (χ4v) is 0. The van der Waals surface area contributed by atoms with Crippen LogP contribution in [0.1, 0.15) is 0 Å². The minimum atomic E-state index is -2.24. The average Bonchev–Trinajstić information content (AvgIpc) is 1.25. The molecule has 0 aliphatic heterocycles. The fourth-order valence-electron chi connectivity index (χ4n) is 0. The molecule has 0 heterocycles. The van der Waals surface area contributed by atoms with Crippen molar-refractivity contribution in [2.24, 2.45) is 0 Å². The maximum absolute atomic E-state index is 5.71. The van der Waals surface area contributed by atoms with Gasteiger partial charge in [0.15, 0.2) is 0 Å². The van der Waals surface area contributed by atoms with E-state index in [9.17, 15) is 0 Å². The summed E-state index contributed by atoms with van der Waals surface area (Å²) in [6.45, 7) is 3.48. The highest BCUT2D eigenvalue weighted by Crippen LogP contribution is 2.32. The molecule has 0 aromatic heterocycles. The Kier molecular flexibility index (Phi) is 3.22. The van der Waals surface area contributed by atoms with Gasteiger partial charge in [0.1, 0.15) is 0 Å². The smallest absolute Gasteiger partial charge is 0.147 e. The molecule has 0 rings (SSSR count). The van der Waals surface area contributed by atoms with E-state index in [0.717, 1.165) is 0 Å². The molecule has 0 aliphatic rings. The molecule has 0 aromatic carbocycles. The molecule has 0 amide bonds. The molecule has 0 saturated carbocycles. The van der Waals surface area contributed by atoms with Gasteiger partial charge in [-0.3, -0.25) is 0 Å². The van der Waals surface area contributed by atoms with E-state index in [1.807, 2.05) is 0 Å². The van der Waals surface area contributed by atoms with Gasteiger partial charge >= 0.3 is 0 Å². The second-order valence-electron chi connectivity index (χ2n) is 1.78. The van der Waals surface area contributed by atoms with Crippen molar-refractivity contribution < 1.29 is 0 Å². The molecule has 0 aromatic rings. The first-order valence-corrected chi connectivity index (χ1v) is 12.1. The van der Waals surface area contributed by atoms with E-state index >= 15 is 0 Å². The molecular weight excluding hydrogens is 222 g/mol. The highest BCUT2D eigenvalue weighted by molar-refractivity contribution is 7.92. The second kappa shape index (κ2) is 2.68. The second-order valence-corrected chi connectivity index (χ2v) is 25.4. The van der Waals surface area contributed by atoms with Crippen molar-refractivity contribution in [1.29, 1.82) is 0 Å². The predicted molar refractivity (Wildman–Crippen MR) is 46.6 cm³/mol. The molecule has 50 valence electrons. The van der Waals surface area contributed by atoms with Crippen molar-refractivity contribution in [3.05, 3.63) is 0 Å². The lowest BCUT2D eigenvalue weighted by Crippen LogP contribution is -2.41. The summed E-state index contributed by atoms with van der Waals surface area (Å²) in [5, 5.41) is 0. The summed E-state index contributed by atoms with van der Waals surface area (Å²) < 4.78 is 0. The zero-order chi connectivity index (χ0) is 7.00. The molecule has 0 radical (unpaired) electrons. The summed E-state index contributed by atoms with van der Waals surface area (Å²) in [7, 11) is 0. The molecule has 0 aliphatic carbocycles. The number of hydrogen-bond donors (Lipinski definition) is 0. The first kappa shape index (κ1) is 9.59. The van der Waals surface area contributed by atoms with E-state index in [2.05, 4.69) is 0 Å². The van der Waals surface area contributed by atoms with E-state index in [1.165, 1.54) is 0 Å². The topological polar surface area (TPSA) is 0 Å². The largest absolute Gasteiger partial charge is 0.270 e. The molecule has 0 spiro atoms. The fraction of sp³-hybridized carbons (Fsp3) is 1.00. The highest BCUT2D eigenvalue weighted by Gasteiger charge is 2.45. The Morgan fingerprint density at radius 1 is 0.750 bits per heavy atom. The Morgan fingerprint density at radius 3 is 0.875 bits per heavy atom. The average molecular weight is 228 g/mol. The quantitative estimate of drug-likeness (QED) is 0.477. The molecule has 0 bridgehead atoms. The van der Waals surface area contributed by atoms with Crippen molar-refractivity contribution in [3.63, 3.8) is 0 Å². The summed E-state index contributed by atoms with van der Waals surface area (Å²) in [5.74, 6) is 0. The van der Waals surface area contributed by atoms with Gasteiger partial charge in [-0.05, 0) is 13.1 Å². The van der Waals surface area contributed by atoms with E-state index in [0.29, 0.717) is 0 Å². The van der Waals surface area contributed by atoms with E-state index in [4.69, 9.17) is 44.3 Å². The lowest BCUT2D eigenvalue weighted by Gasteiger charge is -2.18. The van der Waals surface area contributed by atoms with Gasteiger partial charge in [0.2, 0.25) is 0 Å². The van der Waals surface area contributed by atoms with E-state index in [-0.39, 0.29) is 0 Å². The third kappa shape index (κ3) is 2.94. The van der Waals surface area contributed by atoms with Crippen LogP contribution in [0.3, 0.4) is 0 Å². The summed E-state index contributed by atoms with van der Waals surface area (Å²) in [6.07, 6.45) is -4.49. The monoisotopic (exact) mass is 226 g/mol. The summed E-state index contributed by atoms with van der Waals surface area (Å²) in [6, 6.07) is 0. The van der Waals surface area contributed by atoms with Gasteiger partial charge in [-0.25, -0.2) is 0 Å². The van der Waals surface area contributed by atoms with Crippen LogP contribution in [0.5, 0.6) is 0 Å². The standard InChI is InChI=1S/C2H6Cl4Si2/c1-7(3,4)8(2,5)6/h1-2H3. The molecule has 0 fully saturated rings. The zero-order valence-corrected chi connectivity index (χ0v) is 9.54. The first-order valence-electron chi connectivity index (χ1n) is 2.01. The maximum Gasteiger partial charge on any atom is 0.270 e. The zero-order valence-electron chi connectivity index (χ0n) is 4.51. The van der Waals surface area contributed by atoms with Gasteiger partial charge in [-0.15, -0.1) is 44.3 Å². The van der Waals surface area contributed by atoms with Crippen LogP contribution < -0.4 is 0 Å². The predicted octanol–water partition coefficient (Wildman–Crippen LogP) is 3.16. The van der Waals surface area contributed by atoms with Crippen molar-refractivity contribution in [1.82, 2.24) is 0 Å². The lowest BCUT2D eigenvalue weighted by molar-refractivity contribution is 2.20. The summed E-state index contributed by atoms with van der Waals surface area (Å²) in [4.78, 5) is 0. The molecule has 0 nitrogen and oxygen atoms in total. The van der Waals surface area contributed by atoms with E-state index in [1.54, 1.807) is 13.1 Å². The maximum atomic E-state index is 5.71. The van der Waals surface area contributed by atoms with Gasteiger partial charge in [-0.2, -0.15) is 0 Å². The first-order chi connectivity index (χ1) is 3.25. The summed E-state index contributed by atoms with van der Waals surface area (Å²) in [5.41, 5.74) is 0. The Morgan fingerprint density at radius 2 is 0.875 bits per heavy atom. The van der Waals surface area contributed by atoms with Crippen LogP contribution in [0.15, 0.2) is 0 Å². The van der Waals surface area contributed by atoms with Crippen LogP contribution in [0.25, 0.3) is 0 Å². The van der Waals surface area contributed by atoms with Crippen LogP contribution >= 0.6 is 44.3 Å². The number of rotatable bonds is 1. The SMILES string of the molecule is C[Si](Cl)(Cl)[Si](C)(Cl)Cl. The van der Waals surface area contributed by atoms with Crippen molar-refractivity contribution in [2.45, 2.75) is 13.1 Å². The Labute approximate surface area is 69.7 Å². The molecule has 0 unspecified atom stereocenters. The van der Waals surface area contributed by atoms with Gasteiger partial charge < -0.3 is 0 Å². The molecular formula is C2H6Cl4Si2. The van der Waals surface area contributed by atoms with Crippen LogP contribution in [0.4, 0.5) is 0 Å². The number of halogens is 4. The van der Waals surface area contributed by atoms with Crippen molar-refractivity contribution in [3.8, 4) is 0 Å².